The maximum atomic E-state index is 13.1. The average Bonchev–Trinajstić information content (AvgIpc) is 3.44. The van der Waals surface area contributed by atoms with E-state index >= 15 is 0 Å². The number of hydrogen-bond acceptors (Lipinski definition) is 6. The molecule has 0 saturated heterocycles. The van der Waals surface area contributed by atoms with E-state index < -0.39 is 0 Å². The Morgan fingerprint density at radius 2 is 1.87 bits per heavy atom. The number of H-pyrrole nitrogens is 1. The summed E-state index contributed by atoms with van der Waals surface area (Å²) in [5.74, 6) is -0.0360. The van der Waals surface area contributed by atoms with Crippen molar-refractivity contribution >= 4 is 11.5 Å². The number of pyridine rings is 1. The summed E-state index contributed by atoms with van der Waals surface area (Å²) in [6.07, 6.45) is 9.36. The van der Waals surface area contributed by atoms with Gasteiger partial charge >= 0.3 is 0 Å². The molecule has 4 rings (SSSR count). The van der Waals surface area contributed by atoms with Crippen LogP contribution in [0.25, 0.3) is 5.76 Å². The topological polar surface area (TPSA) is 105 Å². The molecule has 0 fully saturated rings. The van der Waals surface area contributed by atoms with Crippen molar-refractivity contribution in [3.8, 4) is 0 Å². The molecule has 0 radical (unpaired) electrons. The number of hydrogen-bond donors (Lipinski definition) is 2. The second-order valence-electron chi connectivity index (χ2n) is 6.79. The number of rotatable bonds is 8. The summed E-state index contributed by atoms with van der Waals surface area (Å²) in [5, 5.41) is 16.5. The summed E-state index contributed by atoms with van der Waals surface area (Å²) in [7, 11) is 0. The highest BCUT2D eigenvalue weighted by Gasteiger charge is 2.21. The number of ketones is 1. The molecule has 2 N–H and O–H groups in total. The SMILES string of the molecule is O=C(C=C(O)c1nc[nH]n1)c1c(CCc2ccccc2)coc1Cc1ccncc1. The summed E-state index contributed by atoms with van der Waals surface area (Å²) in [6.45, 7) is 0. The molecule has 0 bridgehead atoms. The van der Waals surface area contributed by atoms with Crippen molar-refractivity contribution in [1.29, 1.82) is 0 Å². The number of benzene rings is 1. The Bertz CT molecular complexity index is 1130. The van der Waals surface area contributed by atoms with Crippen molar-refractivity contribution in [3.63, 3.8) is 0 Å². The van der Waals surface area contributed by atoms with Gasteiger partial charge in [0.25, 0.3) is 0 Å². The Kier molecular flexibility index (Phi) is 5.80. The van der Waals surface area contributed by atoms with Crippen LogP contribution < -0.4 is 0 Å². The van der Waals surface area contributed by atoms with Crippen LogP contribution in [0.2, 0.25) is 0 Å². The molecule has 1 aromatic carbocycles. The lowest BCUT2D eigenvalue weighted by Crippen LogP contribution is -2.05. The summed E-state index contributed by atoms with van der Waals surface area (Å²) >= 11 is 0. The number of aromatic nitrogens is 4. The van der Waals surface area contributed by atoms with E-state index in [1.807, 2.05) is 30.3 Å². The van der Waals surface area contributed by atoms with E-state index in [2.05, 4.69) is 32.3 Å². The quantitative estimate of drug-likeness (QED) is 0.264. The monoisotopic (exact) mass is 400 g/mol. The second kappa shape index (κ2) is 9.00. The van der Waals surface area contributed by atoms with Crippen LogP contribution in [0.15, 0.2) is 77.9 Å². The Hall–Kier alpha value is -4.00. The Morgan fingerprint density at radius 3 is 2.60 bits per heavy atom. The molecule has 0 aliphatic rings. The first-order valence-electron chi connectivity index (χ1n) is 9.54. The molecule has 4 aromatic rings. The highest BCUT2D eigenvalue weighted by Crippen LogP contribution is 2.24. The standard InChI is InChI=1S/C23H20N4O3/c28-19(13-20(29)23-25-15-26-27-23)22-18(7-6-16-4-2-1-3-5-16)14-30-21(22)12-17-8-10-24-11-9-17/h1-5,8-11,13-15,29H,6-7,12H2,(H,25,26,27). The van der Waals surface area contributed by atoms with Gasteiger partial charge in [-0.2, -0.15) is 5.10 Å². The molecule has 30 heavy (non-hydrogen) atoms. The number of carbonyl (C=O) groups excluding carboxylic acids is 1. The molecular formula is C23H20N4O3. The maximum absolute atomic E-state index is 13.1. The molecule has 0 aliphatic heterocycles. The van der Waals surface area contributed by atoms with Gasteiger partial charge in [0.2, 0.25) is 5.82 Å². The number of furan rings is 1. The number of carbonyl (C=O) groups is 1. The van der Waals surface area contributed by atoms with Gasteiger partial charge in [0.05, 0.1) is 11.8 Å². The predicted molar refractivity (Wildman–Crippen MR) is 111 cm³/mol. The van der Waals surface area contributed by atoms with Gasteiger partial charge in [-0.1, -0.05) is 30.3 Å². The van der Waals surface area contributed by atoms with Crippen LogP contribution in [0.4, 0.5) is 0 Å². The van der Waals surface area contributed by atoms with E-state index in [0.29, 0.717) is 24.2 Å². The van der Waals surface area contributed by atoms with Crippen molar-refractivity contribution in [2.24, 2.45) is 0 Å². The van der Waals surface area contributed by atoms with Crippen LogP contribution >= 0.6 is 0 Å². The van der Waals surface area contributed by atoms with Gasteiger partial charge in [0.15, 0.2) is 11.5 Å². The van der Waals surface area contributed by atoms with Gasteiger partial charge in [0.1, 0.15) is 12.1 Å². The van der Waals surface area contributed by atoms with Gasteiger partial charge in [-0.3, -0.25) is 14.9 Å². The summed E-state index contributed by atoms with van der Waals surface area (Å²) in [5.41, 5.74) is 3.41. The molecule has 0 aliphatic carbocycles. The van der Waals surface area contributed by atoms with Crippen LogP contribution in [0.1, 0.15) is 38.6 Å². The number of aliphatic hydroxyl groups is 1. The Morgan fingerprint density at radius 1 is 1.07 bits per heavy atom. The number of nitrogens with one attached hydrogen (secondary N) is 1. The molecule has 3 heterocycles. The van der Waals surface area contributed by atoms with Crippen molar-refractivity contribution < 1.29 is 14.3 Å². The van der Waals surface area contributed by atoms with Crippen molar-refractivity contribution in [3.05, 3.63) is 107 Å². The summed E-state index contributed by atoms with van der Waals surface area (Å²) < 4.78 is 5.79. The second-order valence-corrected chi connectivity index (χ2v) is 6.79. The van der Waals surface area contributed by atoms with Crippen molar-refractivity contribution in [1.82, 2.24) is 20.2 Å². The van der Waals surface area contributed by atoms with Gasteiger partial charge in [-0.05, 0) is 36.1 Å². The van der Waals surface area contributed by atoms with Crippen LogP contribution in [-0.2, 0) is 19.3 Å². The van der Waals surface area contributed by atoms with Crippen LogP contribution in [-0.4, -0.2) is 31.1 Å². The minimum Gasteiger partial charge on any atom is -0.504 e. The van der Waals surface area contributed by atoms with Gasteiger partial charge < -0.3 is 9.52 Å². The van der Waals surface area contributed by atoms with E-state index in [1.54, 1.807) is 18.7 Å². The number of allylic oxidation sites excluding steroid dienone is 1. The minimum atomic E-state index is -0.349. The Balaban J connectivity index is 1.64. The molecule has 0 atom stereocenters. The number of nitrogens with zero attached hydrogens (tertiary/aromatic N) is 3. The van der Waals surface area contributed by atoms with E-state index in [-0.39, 0.29) is 17.4 Å². The molecule has 7 nitrogen and oxygen atoms in total. The highest BCUT2D eigenvalue weighted by atomic mass is 16.3. The Labute approximate surface area is 173 Å². The molecule has 0 unspecified atom stereocenters. The van der Waals surface area contributed by atoms with Gasteiger partial charge in [0, 0.05) is 30.5 Å². The lowest BCUT2D eigenvalue weighted by atomic mass is 9.97. The first-order valence-corrected chi connectivity index (χ1v) is 9.54. The molecule has 3 aromatic heterocycles. The van der Waals surface area contributed by atoms with E-state index in [1.165, 1.54) is 11.9 Å². The highest BCUT2D eigenvalue weighted by molar-refractivity contribution is 6.09. The molecule has 0 saturated carbocycles. The number of aryl methyl sites for hydroxylation is 2. The first-order chi connectivity index (χ1) is 14.7. The molecule has 7 heteroatoms. The van der Waals surface area contributed by atoms with E-state index in [0.717, 1.165) is 23.6 Å². The zero-order valence-corrected chi connectivity index (χ0v) is 16.2. The average molecular weight is 400 g/mol. The van der Waals surface area contributed by atoms with E-state index in [9.17, 15) is 9.90 Å². The summed E-state index contributed by atoms with van der Waals surface area (Å²) in [6, 6.07) is 13.8. The molecular weight excluding hydrogens is 380 g/mol. The van der Waals surface area contributed by atoms with Crippen LogP contribution in [0, 0.1) is 0 Å². The fourth-order valence-corrected chi connectivity index (χ4v) is 3.25. The number of aromatic amines is 1. The maximum Gasteiger partial charge on any atom is 0.215 e. The predicted octanol–water partition coefficient (Wildman–Crippen LogP) is 3.95. The zero-order chi connectivity index (χ0) is 20.8. The van der Waals surface area contributed by atoms with Crippen LogP contribution in [0.3, 0.4) is 0 Å². The zero-order valence-electron chi connectivity index (χ0n) is 16.2. The van der Waals surface area contributed by atoms with Gasteiger partial charge in [-0.25, -0.2) is 4.98 Å². The van der Waals surface area contributed by atoms with Crippen molar-refractivity contribution in [2.75, 3.05) is 0 Å². The van der Waals surface area contributed by atoms with E-state index in [4.69, 9.17) is 4.42 Å². The van der Waals surface area contributed by atoms with Crippen LogP contribution in [0.5, 0.6) is 0 Å². The minimum absolute atomic E-state index is 0.0633. The number of aliphatic hydroxyl groups excluding tert-OH is 1. The third kappa shape index (κ3) is 4.52. The third-order valence-electron chi connectivity index (χ3n) is 4.74. The molecule has 0 spiro atoms. The first kappa shape index (κ1) is 19.3. The fraction of sp³-hybridized carbons (Fsp3) is 0.130. The fourth-order valence-electron chi connectivity index (χ4n) is 3.25. The lowest BCUT2D eigenvalue weighted by Gasteiger charge is -2.05. The lowest BCUT2D eigenvalue weighted by molar-refractivity contribution is 0.104. The third-order valence-corrected chi connectivity index (χ3v) is 4.74. The normalized spacial score (nSPS) is 11.5. The molecule has 150 valence electrons. The largest absolute Gasteiger partial charge is 0.504 e. The molecule has 0 amide bonds. The van der Waals surface area contributed by atoms with Gasteiger partial charge in [-0.15, -0.1) is 0 Å². The van der Waals surface area contributed by atoms with Crippen molar-refractivity contribution in [2.45, 2.75) is 19.3 Å². The smallest absolute Gasteiger partial charge is 0.215 e. The summed E-state index contributed by atoms with van der Waals surface area (Å²) in [4.78, 5) is 21.0.